The smallest absolute Gasteiger partial charge is 0.339 e. The molecule has 110 valence electrons. The number of hydrogen-bond donors (Lipinski definition) is 1. The van der Waals surface area contributed by atoms with Crippen LogP contribution in [-0.2, 0) is 4.74 Å². The first-order valence-corrected chi connectivity index (χ1v) is 6.88. The van der Waals surface area contributed by atoms with Gasteiger partial charge in [0.15, 0.2) is 0 Å². The Hall–Kier alpha value is -1.26. The Morgan fingerprint density at radius 2 is 2.05 bits per heavy atom. The van der Waals surface area contributed by atoms with Crippen molar-refractivity contribution in [2.45, 2.75) is 51.4 Å². The lowest BCUT2D eigenvalue weighted by molar-refractivity contribution is -0.0846. The van der Waals surface area contributed by atoms with Gasteiger partial charge in [-0.25, -0.2) is 4.79 Å². The van der Waals surface area contributed by atoms with E-state index in [0.29, 0.717) is 11.4 Å². The normalized spacial score (nSPS) is 23.6. The van der Waals surface area contributed by atoms with Gasteiger partial charge in [-0.2, -0.15) is 0 Å². The Kier molecular flexibility index (Phi) is 3.73. The van der Waals surface area contributed by atoms with Gasteiger partial charge in [0.2, 0.25) is 0 Å². The monoisotopic (exact) mass is 298 g/mol. The predicted octanol–water partition coefficient (Wildman–Crippen LogP) is 3.76. The molecule has 0 aromatic heterocycles. The molecule has 1 aliphatic heterocycles. The fourth-order valence-corrected chi connectivity index (χ4v) is 2.78. The van der Waals surface area contributed by atoms with Crippen molar-refractivity contribution in [2.75, 3.05) is 0 Å². The molecular weight excluding hydrogens is 280 g/mol. The number of rotatable bonds is 3. The molecule has 1 heterocycles. The van der Waals surface area contributed by atoms with Gasteiger partial charge in [-0.15, -0.1) is 0 Å². The number of halogens is 1. The quantitative estimate of drug-likeness (QED) is 0.923. The second-order valence-electron chi connectivity index (χ2n) is 6.22. The molecule has 1 saturated heterocycles. The van der Waals surface area contributed by atoms with Crippen molar-refractivity contribution in [3.63, 3.8) is 0 Å². The molecule has 1 unspecified atom stereocenters. The van der Waals surface area contributed by atoms with Gasteiger partial charge in [0.1, 0.15) is 23.0 Å². The fraction of sp³-hybridized carbons (Fsp3) is 0.533. The summed E-state index contributed by atoms with van der Waals surface area (Å²) in [7, 11) is 0. The van der Waals surface area contributed by atoms with Crippen LogP contribution < -0.4 is 4.74 Å². The number of hydrogen-bond acceptors (Lipinski definition) is 3. The van der Waals surface area contributed by atoms with E-state index in [1.807, 2.05) is 27.7 Å². The van der Waals surface area contributed by atoms with E-state index in [9.17, 15) is 9.90 Å². The molecule has 1 atom stereocenters. The van der Waals surface area contributed by atoms with Crippen LogP contribution in [-0.4, -0.2) is 28.4 Å². The summed E-state index contributed by atoms with van der Waals surface area (Å²) in [5.41, 5.74) is -0.674. The molecule has 0 aliphatic carbocycles. The average Bonchev–Trinajstić information content (AvgIpc) is 2.46. The molecule has 0 bridgehead atoms. The minimum Gasteiger partial charge on any atom is -0.486 e. The molecule has 4 nitrogen and oxygen atoms in total. The largest absolute Gasteiger partial charge is 0.486 e. The summed E-state index contributed by atoms with van der Waals surface area (Å²) in [6.45, 7) is 7.87. The van der Waals surface area contributed by atoms with Crippen LogP contribution in [0.25, 0.3) is 0 Å². The van der Waals surface area contributed by atoms with Crippen LogP contribution in [0.5, 0.6) is 5.75 Å². The molecule has 0 saturated carbocycles. The van der Waals surface area contributed by atoms with Gasteiger partial charge in [-0.05, 0) is 45.9 Å². The number of carboxylic acids is 1. The molecule has 0 spiro atoms. The van der Waals surface area contributed by atoms with E-state index in [2.05, 4.69) is 0 Å². The topological polar surface area (TPSA) is 55.8 Å². The minimum atomic E-state index is -1.03. The molecule has 1 aromatic carbocycles. The van der Waals surface area contributed by atoms with E-state index in [-0.39, 0.29) is 23.0 Å². The van der Waals surface area contributed by atoms with Crippen LogP contribution in [0, 0.1) is 0 Å². The Morgan fingerprint density at radius 1 is 1.40 bits per heavy atom. The highest BCUT2D eigenvalue weighted by Crippen LogP contribution is 2.40. The first-order chi connectivity index (χ1) is 9.11. The van der Waals surface area contributed by atoms with Crippen molar-refractivity contribution >= 4 is 17.6 Å². The van der Waals surface area contributed by atoms with E-state index in [0.717, 1.165) is 0 Å². The van der Waals surface area contributed by atoms with E-state index < -0.39 is 11.6 Å². The van der Waals surface area contributed by atoms with Crippen molar-refractivity contribution in [3.05, 3.63) is 28.8 Å². The maximum Gasteiger partial charge on any atom is 0.339 e. The molecule has 1 aliphatic rings. The summed E-state index contributed by atoms with van der Waals surface area (Å²) in [4.78, 5) is 11.2. The van der Waals surface area contributed by atoms with Crippen LogP contribution in [0.4, 0.5) is 0 Å². The highest BCUT2D eigenvalue weighted by Gasteiger charge is 2.47. The van der Waals surface area contributed by atoms with Gasteiger partial charge in [-0.3, -0.25) is 0 Å². The van der Waals surface area contributed by atoms with Gasteiger partial charge in [0.05, 0.1) is 5.60 Å². The molecule has 1 fully saturated rings. The number of carbonyl (C=O) groups is 1. The third kappa shape index (κ3) is 3.07. The lowest BCUT2D eigenvalue weighted by Gasteiger charge is -2.27. The van der Waals surface area contributed by atoms with Gasteiger partial charge in [0.25, 0.3) is 0 Å². The zero-order valence-corrected chi connectivity index (χ0v) is 12.8. The SMILES string of the molecule is CC1(C)CC(Oc2cc(Cl)ccc2C(=O)O)C(C)(C)O1. The van der Waals surface area contributed by atoms with Crippen LogP contribution in [0.3, 0.4) is 0 Å². The highest BCUT2D eigenvalue weighted by atomic mass is 35.5. The van der Waals surface area contributed by atoms with Crippen molar-refractivity contribution in [2.24, 2.45) is 0 Å². The fourth-order valence-electron chi connectivity index (χ4n) is 2.62. The Labute approximate surface area is 123 Å². The highest BCUT2D eigenvalue weighted by molar-refractivity contribution is 6.30. The van der Waals surface area contributed by atoms with Crippen molar-refractivity contribution in [1.29, 1.82) is 0 Å². The lowest BCUT2D eigenvalue weighted by Crippen LogP contribution is -2.37. The maximum absolute atomic E-state index is 11.2. The molecule has 0 radical (unpaired) electrons. The molecule has 0 amide bonds. The van der Waals surface area contributed by atoms with E-state index in [4.69, 9.17) is 21.1 Å². The first kappa shape index (κ1) is 15.1. The number of ether oxygens (including phenoxy) is 2. The third-order valence-electron chi connectivity index (χ3n) is 3.44. The standard InChI is InChI=1S/C15H19ClO4/c1-14(2)8-12(15(3,4)20-14)19-11-7-9(16)5-6-10(11)13(17)18/h5-7,12H,8H2,1-4H3,(H,17,18). The summed E-state index contributed by atoms with van der Waals surface area (Å²) < 4.78 is 11.9. The zero-order chi connectivity index (χ0) is 15.1. The molecule has 2 rings (SSSR count). The molecule has 5 heteroatoms. The van der Waals surface area contributed by atoms with E-state index in [1.165, 1.54) is 18.2 Å². The summed E-state index contributed by atoms with van der Waals surface area (Å²) in [6.07, 6.45) is 0.458. The Bertz CT molecular complexity index is 537. The lowest BCUT2D eigenvalue weighted by atomic mass is 9.97. The molecule has 1 N–H and O–H groups in total. The van der Waals surface area contributed by atoms with Crippen LogP contribution in [0.15, 0.2) is 18.2 Å². The number of benzene rings is 1. The zero-order valence-electron chi connectivity index (χ0n) is 12.1. The predicted molar refractivity (Wildman–Crippen MR) is 76.7 cm³/mol. The number of carboxylic acid groups (broad SMARTS) is 1. The molecular formula is C15H19ClO4. The second kappa shape index (κ2) is 4.93. The number of aromatic carboxylic acids is 1. The van der Waals surface area contributed by atoms with Crippen LogP contribution >= 0.6 is 11.6 Å². The molecule has 1 aromatic rings. The molecule has 20 heavy (non-hydrogen) atoms. The van der Waals surface area contributed by atoms with Crippen molar-refractivity contribution < 1.29 is 19.4 Å². The first-order valence-electron chi connectivity index (χ1n) is 6.50. The van der Waals surface area contributed by atoms with E-state index in [1.54, 1.807) is 0 Å². The van der Waals surface area contributed by atoms with E-state index >= 15 is 0 Å². The van der Waals surface area contributed by atoms with Gasteiger partial charge in [0, 0.05) is 11.4 Å². The average molecular weight is 299 g/mol. The summed E-state index contributed by atoms with van der Waals surface area (Å²) in [6, 6.07) is 4.53. The maximum atomic E-state index is 11.2. The van der Waals surface area contributed by atoms with Crippen molar-refractivity contribution in [3.8, 4) is 5.75 Å². The third-order valence-corrected chi connectivity index (χ3v) is 3.67. The Morgan fingerprint density at radius 3 is 2.55 bits per heavy atom. The van der Waals surface area contributed by atoms with Gasteiger partial charge in [-0.1, -0.05) is 11.6 Å². The van der Waals surface area contributed by atoms with Crippen LogP contribution in [0.1, 0.15) is 44.5 Å². The minimum absolute atomic E-state index is 0.106. The summed E-state index contributed by atoms with van der Waals surface area (Å²) in [5.74, 6) is -0.753. The Balaban J connectivity index is 2.30. The second-order valence-corrected chi connectivity index (χ2v) is 6.66. The van der Waals surface area contributed by atoms with Gasteiger partial charge >= 0.3 is 5.97 Å². The summed E-state index contributed by atoms with van der Waals surface area (Å²) in [5, 5.41) is 9.65. The van der Waals surface area contributed by atoms with Gasteiger partial charge < -0.3 is 14.6 Å². The van der Waals surface area contributed by atoms with Crippen molar-refractivity contribution in [1.82, 2.24) is 0 Å². The summed E-state index contributed by atoms with van der Waals surface area (Å²) >= 11 is 5.93. The van der Waals surface area contributed by atoms with Crippen LogP contribution in [0.2, 0.25) is 5.02 Å².